The average molecular weight is 185 g/mol. The van der Waals surface area contributed by atoms with E-state index in [0.717, 1.165) is 0 Å². The molecule has 0 bridgehead atoms. The minimum atomic E-state index is -3.34. The molecule has 13 heavy (non-hydrogen) atoms. The topological polar surface area (TPSA) is 29.1 Å². The molecule has 1 N–H and O–H groups in total. The predicted octanol–water partition coefficient (Wildman–Crippen LogP) is 2.28. The number of amides is 1. The maximum atomic E-state index is 12.4. The van der Waals surface area contributed by atoms with Gasteiger partial charge in [-0.05, 0) is 12.1 Å². The lowest BCUT2D eigenvalue weighted by atomic mass is 10.3. The largest absolute Gasteiger partial charge is 0.322 e. The number of rotatable bonds is 2. The molecule has 0 saturated carbocycles. The van der Waals surface area contributed by atoms with Gasteiger partial charge in [-0.2, -0.15) is 8.78 Å². The molecular formula is C9H9F2NO. The minimum Gasteiger partial charge on any atom is -0.321 e. The Labute approximate surface area is 74.6 Å². The Morgan fingerprint density at radius 2 is 1.85 bits per heavy atom. The molecular weight excluding hydrogens is 176 g/mol. The lowest BCUT2D eigenvalue weighted by Gasteiger charge is -2.10. The van der Waals surface area contributed by atoms with Crippen LogP contribution in [0, 0.1) is 0 Å². The van der Waals surface area contributed by atoms with Crippen LogP contribution < -0.4 is 5.32 Å². The van der Waals surface area contributed by atoms with Gasteiger partial charge in [-0.3, -0.25) is 4.79 Å². The SMILES string of the molecule is CC(F)(F)C(=O)Nc1ccccc1. The summed E-state index contributed by atoms with van der Waals surface area (Å²) in [5.74, 6) is -4.63. The second-order valence-electron chi connectivity index (χ2n) is 2.71. The van der Waals surface area contributed by atoms with Gasteiger partial charge in [0.2, 0.25) is 0 Å². The lowest BCUT2D eigenvalue weighted by molar-refractivity contribution is -0.137. The quantitative estimate of drug-likeness (QED) is 0.752. The molecule has 0 aliphatic rings. The molecule has 0 aromatic heterocycles. The van der Waals surface area contributed by atoms with Gasteiger partial charge in [-0.15, -0.1) is 0 Å². The zero-order valence-corrected chi connectivity index (χ0v) is 7.05. The van der Waals surface area contributed by atoms with Crippen LogP contribution in [0.25, 0.3) is 0 Å². The second-order valence-corrected chi connectivity index (χ2v) is 2.71. The molecule has 1 rings (SSSR count). The molecule has 0 spiro atoms. The van der Waals surface area contributed by atoms with Crippen molar-refractivity contribution >= 4 is 11.6 Å². The number of hydrogen-bond donors (Lipinski definition) is 1. The van der Waals surface area contributed by atoms with E-state index in [4.69, 9.17) is 0 Å². The molecule has 0 saturated heterocycles. The van der Waals surface area contributed by atoms with E-state index in [1.54, 1.807) is 30.3 Å². The predicted molar refractivity (Wildman–Crippen MR) is 45.7 cm³/mol. The maximum absolute atomic E-state index is 12.4. The highest BCUT2D eigenvalue weighted by Crippen LogP contribution is 2.15. The number of para-hydroxylation sites is 1. The van der Waals surface area contributed by atoms with Crippen LogP contribution in [0.1, 0.15) is 6.92 Å². The summed E-state index contributed by atoms with van der Waals surface area (Å²) in [6.45, 7) is 0.561. The summed E-state index contributed by atoms with van der Waals surface area (Å²) in [6, 6.07) is 8.14. The van der Waals surface area contributed by atoms with E-state index >= 15 is 0 Å². The van der Waals surface area contributed by atoms with Crippen LogP contribution in [0.5, 0.6) is 0 Å². The zero-order chi connectivity index (χ0) is 9.90. The highest BCUT2D eigenvalue weighted by atomic mass is 19.3. The summed E-state index contributed by atoms with van der Waals surface area (Å²) in [4.78, 5) is 10.8. The van der Waals surface area contributed by atoms with Crippen molar-refractivity contribution in [2.24, 2.45) is 0 Å². The molecule has 0 radical (unpaired) electrons. The number of alkyl halides is 2. The van der Waals surface area contributed by atoms with Gasteiger partial charge in [0.15, 0.2) is 0 Å². The van der Waals surface area contributed by atoms with Crippen molar-refractivity contribution in [3.8, 4) is 0 Å². The van der Waals surface area contributed by atoms with Gasteiger partial charge in [-0.25, -0.2) is 0 Å². The highest BCUT2D eigenvalue weighted by Gasteiger charge is 2.31. The third-order valence-electron chi connectivity index (χ3n) is 1.43. The molecule has 1 amide bonds. The van der Waals surface area contributed by atoms with Crippen molar-refractivity contribution in [1.29, 1.82) is 0 Å². The number of benzene rings is 1. The lowest BCUT2D eigenvalue weighted by Crippen LogP contribution is -2.31. The minimum absolute atomic E-state index is 0.369. The van der Waals surface area contributed by atoms with Crippen molar-refractivity contribution in [2.75, 3.05) is 5.32 Å². The fourth-order valence-corrected chi connectivity index (χ4v) is 0.762. The summed E-state index contributed by atoms with van der Waals surface area (Å²) in [5, 5.41) is 2.09. The van der Waals surface area contributed by atoms with Gasteiger partial charge in [0.05, 0.1) is 0 Å². The third-order valence-corrected chi connectivity index (χ3v) is 1.43. The van der Waals surface area contributed by atoms with E-state index in [0.29, 0.717) is 12.6 Å². The summed E-state index contributed by atoms with van der Waals surface area (Å²) in [7, 11) is 0. The summed E-state index contributed by atoms with van der Waals surface area (Å²) < 4.78 is 24.8. The zero-order valence-electron chi connectivity index (χ0n) is 7.05. The Balaban J connectivity index is 2.66. The van der Waals surface area contributed by atoms with Crippen LogP contribution in [0.4, 0.5) is 14.5 Å². The van der Waals surface area contributed by atoms with Crippen LogP contribution in [0.2, 0.25) is 0 Å². The molecule has 0 fully saturated rings. The first kappa shape index (κ1) is 9.64. The smallest absolute Gasteiger partial charge is 0.321 e. The van der Waals surface area contributed by atoms with E-state index in [-0.39, 0.29) is 0 Å². The third kappa shape index (κ3) is 2.82. The van der Waals surface area contributed by atoms with Crippen LogP contribution in [0.15, 0.2) is 30.3 Å². The Morgan fingerprint density at radius 3 is 2.31 bits per heavy atom. The maximum Gasteiger partial charge on any atom is 0.322 e. The summed E-state index contributed by atoms with van der Waals surface area (Å²) in [6.07, 6.45) is 0. The van der Waals surface area contributed by atoms with Crippen molar-refractivity contribution < 1.29 is 13.6 Å². The summed E-state index contributed by atoms with van der Waals surface area (Å²) >= 11 is 0. The van der Waals surface area contributed by atoms with Crippen molar-refractivity contribution in [3.63, 3.8) is 0 Å². The van der Waals surface area contributed by atoms with Gasteiger partial charge in [0.1, 0.15) is 0 Å². The monoisotopic (exact) mass is 185 g/mol. The van der Waals surface area contributed by atoms with Gasteiger partial charge < -0.3 is 5.32 Å². The second kappa shape index (κ2) is 3.51. The van der Waals surface area contributed by atoms with E-state index in [9.17, 15) is 13.6 Å². The average Bonchev–Trinajstić information content (AvgIpc) is 2.04. The molecule has 70 valence electrons. The van der Waals surface area contributed by atoms with Crippen LogP contribution in [-0.2, 0) is 4.79 Å². The fourth-order valence-electron chi connectivity index (χ4n) is 0.762. The Bertz CT molecular complexity index is 292. The van der Waals surface area contributed by atoms with Gasteiger partial charge in [0, 0.05) is 12.6 Å². The first-order valence-electron chi connectivity index (χ1n) is 3.74. The van der Waals surface area contributed by atoms with Crippen molar-refractivity contribution in [1.82, 2.24) is 0 Å². The van der Waals surface area contributed by atoms with Gasteiger partial charge >= 0.3 is 5.92 Å². The Morgan fingerprint density at radius 1 is 1.31 bits per heavy atom. The number of carbonyl (C=O) groups is 1. The normalized spacial score (nSPS) is 11.0. The molecule has 1 aromatic rings. The molecule has 1 aromatic carbocycles. The van der Waals surface area contributed by atoms with E-state index < -0.39 is 11.8 Å². The van der Waals surface area contributed by atoms with Crippen molar-refractivity contribution in [3.05, 3.63) is 30.3 Å². The van der Waals surface area contributed by atoms with Gasteiger partial charge in [-0.1, -0.05) is 18.2 Å². The number of nitrogens with one attached hydrogen (secondary N) is 1. The van der Waals surface area contributed by atoms with E-state index in [1.807, 2.05) is 0 Å². The molecule has 0 aliphatic carbocycles. The summed E-state index contributed by atoms with van der Waals surface area (Å²) in [5.41, 5.74) is 0.369. The van der Waals surface area contributed by atoms with Crippen LogP contribution >= 0.6 is 0 Å². The molecule has 0 aliphatic heterocycles. The molecule has 0 atom stereocenters. The van der Waals surface area contributed by atoms with Crippen LogP contribution in [-0.4, -0.2) is 11.8 Å². The molecule has 0 unspecified atom stereocenters. The van der Waals surface area contributed by atoms with Gasteiger partial charge in [0.25, 0.3) is 5.91 Å². The molecule has 0 heterocycles. The number of hydrogen-bond acceptors (Lipinski definition) is 1. The van der Waals surface area contributed by atoms with Crippen LogP contribution in [0.3, 0.4) is 0 Å². The van der Waals surface area contributed by atoms with E-state index in [2.05, 4.69) is 5.32 Å². The first-order valence-corrected chi connectivity index (χ1v) is 3.74. The van der Waals surface area contributed by atoms with E-state index in [1.165, 1.54) is 0 Å². The molecule has 4 heteroatoms. The molecule has 2 nitrogen and oxygen atoms in total. The Hall–Kier alpha value is -1.45. The Kier molecular flexibility index (Phi) is 2.60. The first-order chi connectivity index (χ1) is 6.00. The number of halogens is 2. The standard InChI is InChI=1S/C9H9F2NO/c1-9(10,11)8(13)12-7-5-3-2-4-6-7/h2-6H,1H3,(H,12,13). The fraction of sp³-hybridized carbons (Fsp3) is 0.222. The number of carbonyl (C=O) groups excluding carboxylic acids is 1. The number of anilines is 1. The van der Waals surface area contributed by atoms with Crippen molar-refractivity contribution in [2.45, 2.75) is 12.8 Å². The highest BCUT2D eigenvalue weighted by molar-refractivity contribution is 5.95.